The van der Waals surface area contributed by atoms with Crippen LogP contribution in [-0.4, -0.2) is 37.1 Å². The largest absolute Gasteiger partial charge is 0.467 e. The minimum atomic E-state index is -0.479. The van der Waals surface area contributed by atoms with E-state index in [0.717, 1.165) is 12.8 Å². The molecule has 0 spiro atoms. The number of hydrogen-bond acceptors (Lipinski definition) is 5. The van der Waals surface area contributed by atoms with Gasteiger partial charge in [0.05, 0.1) is 19.8 Å². The van der Waals surface area contributed by atoms with Gasteiger partial charge in [0.1, 0.15) is 0 Å². The number of nitrogens with zero attached hydrogens (tertiary/aromatic N) is 1. The van der Waals surface area contributed by atoms with Crippen LogP contribution in [0.5, 0.6) is 0 Å². The first kappa shape index (κ1) is 8.93. The lowest BCUT2D eigenvalue weighted by atomic mass is 10.1. The maximum Gasteiger partial charge on any atom is 0.337 e. The van der Waals surface area contributed by atoms with Gasteiger partial charge in [0.15, 0.2) is 6.10 Å². The van der Waals surface area contributed by atoms with Gasteiger partial charge in [-0.25, -0.2) is 4.79 Å². The molecule has 2 aliphatic rings. The van der Waals surface area contributed by atoms with Crippen LogP contribution in [0.25, 0.3) is 0 Å². The van der Waals surface area contributed by atoms with Crippen molar-refractivity contribution in [3.8, 4) is 0 Å². The fraction of sp³-hybridized carbons (Fsp3) is 0.875. The topological polar surface area (TPSA) is 48.0 Å². The molecular formula is C8H13NO4. The third kappa shape index (κ3) is 1.67. The summed E-state index contributed by atoms with van der Waals surface area (Å²) in [4.78, 5) is 21.6. The summed E-state index contributed by atoms with van der Waals surface area (Å²) in [6.45, 7) is 0.671. The Morgan fingerprint density at radius 2 is 2.46 bits per heavy atom. The van der Waals surface area contributed by atoms with Crippen molar-refractivity contribution in [1.82, 2.24) is 5.23 Å². The van der Waals surface area contributed by atoms with E-state index in [1.54, 1.807) is 0 Å². The van der Waals surface area contributed by atoms with Crippen LogP contribution in [0, 0.1) is 0 Å². The number of hydroxylamine groups is 2. The van der Waals surface area contributed by atoms with Gasteiger partial charge >= 0.3 is 5.97 Å². The van der Waals surface area contributed by atoms with Gasteiger partial charge in [-0.05, 0) is 12.8 Å². The van der Waals surface area contributed by atoms with Crippen molar-refractivity contribution in [3.05, 3.63) is 0 Å². The highest BCUT2D eigenvalue weighted by Gasteiger charge is 2.40. The summed E-state index contributed by atoms with van der Waals surface area (Å²) in [6.07, 6.45) is 2.24. The summed E-state index contributed by atoms with van der Waals surface area (Å²) in [5.41, 5.74) is 0. The third-order valence-electron chi connectivity index (χ3n) is 2.38. The van der Waals surface area contributed by atoms with Gasteiger partial charge in [-0.1, -0.05) is 5.23 Å². The van der Waals surface area contributed by atoms with Crippen molar-refractivity contribution in [1.29, 1.82) is 0 Å². The summed E-state index contributed by atoms with van der Waals surface area (Å²) in [6, 6.07) is 0.220. The summed E-state index contributed by atoms with van der Waals surface area (Å²) in [5.74, 6) is -0.321. The van der Waals surface area contributed by atoms with Crippen LogP contribution in [0.4, 0.5) is 0 Å². The predicted molar refractivity (Wildman–Crippen MR) is 42.3 cm³/mol. The van der Waals surface area contributed by atoms with E-state index in [2.05, 4.69) is 4.74 Å². The van der Waals surface area contributed by atoms with Gasteiger partial charge in [-0.15, -0.1) is 0 Å². The molecule has 2 rings (SSSR count). The van der Waals surface area contributed by atoms with Crippen LogP contribution in [0.15, 0.2) is 0 Å². The normalized spacial score (nSPS) is 34.2. The van der Waals surface area contributed by atoms with E-state index in [0.29, 0.717) is 13.0 Å². The molecule has 2 saturated heterocycles. The number of fused-ring (bicyclic) bond motifs is 1. The Bertz CT molecular complexity index is 194. The summed E-state index contributed by atoms with van der Waals surface area (Å²) >= 11 is 0. The van der Waals surface area contributed by atoms with E-state index in [1.165, 1.54) is 12.3 Å². The van der Waals surface area contributed by atoms with Crippen molar-refractivity contribution in [2.75, 3.05) is 13.7 Å². The predicted octanol–water partition coefficient (Wildman–Crippen LogP) is 0.259. The molecule has 2 fully saturated rings. The molecule has 0 aromatic rings. The van der Waals surface area contributed by atoms with Crippen LogP contribution < -0.4 is 0 Å². The van der Waals surface area contributed by atoms with Crippen LogP contribution in [-0.2, 0) is 19.2 Å². The van der Waals surface area contributed by atoms with Crippen molar-refractivity contribution >= 4 is 5.97 Å². The second-order valence-electron chi connectivity index (χ2n) is 3.27. The first-order chi connectivity index (χ1) is 6.31. The van der Waals surface area contributed by atoms with E-state index in [9.17, 15) is 4.79 Å². The number of hydrogen-bond donors (Lipinski definition) is 0. The maximum atomic E-state index is 11.1. The highest BCUT2D eigenvalue weighted by molar-refractivity contribution is 5.74. The zero-order chi connectivity index (χ0) is 9.26. The minimum Gasteiger partial charge on any atom is -0.467 e. The molecule has 13 heavy (non-hydrogen) atoms. The number of methoxy groups -OCH3 is 1. The molecule has 2 atom stereocenters. The molecule has 2 aliphatic heterocycles. The molecule has 5 heteroatoms. The molecule has 0 saturated carbocycles. The van der Waals surface area contributed by atoms with Gasteiger partial charge < -0.3 is 4.74 Å². The SMILES string of the molecule is COC(=O)[C@@H]1C[C@@H]2CCCON2O1. The molecule has 74 valence electrons. The Morgan fingerprint density at radius 1 is 1.62 bits per heavy atom. The van der Waals surface area contributed by atoms with Crippen LogP contribution in [0.1, 0.15) is 19.3 Å². The first-order valence-corrected chi connectivity index (χ1v) is 4.48. The van der Waals surface area contributed by atoms with E-state index < -0.39 is 6.10 Å². The van der Waals surface area contributed by atoms with Crippen molar-refractivity contribution < 1.29 is 19.2 Å². The monoisotopic (exact) mass is 187 g/mol. The Balaban J connectivity index is 1.94. The molecule has 0 aromatic heterocycles. The lowest BCUT2D eigenvalue weighted by molar-refractivity contribution is -0.379. The average Bonchev–Trinajstić information content (AvgIpc) is 2.59. The fourth-order valence-electron chi connectivity index (χ4n) is 1.69. The van der Waals surface area contributed by atoms with Crippen LogP contribution in [0.2, 0.25) is 0 Å². The molecule has 0 radical (unpaired) electrons. The Hall–Kier alpha value is -0.650. The Kier molecular flexibility index (Phi) is 2.48. The van der Waals surface area contributed by atoms with Gasteiger partial charge in [0.2, 0.25) is 0 Å². The third-order valence-corrected chi connectivity index (χ3v) is 2.38. The fourth-order valence-corrected chi connectivity index (χ4v) is 1.69. The van der Waals surface area contributed by atoms with Crippen molar-refractivity contribution in [3.63, 3.8) is 0 Å². The summed E-state index contributed by atoms with van der Waals surface area (Å²) in [7, 11) is 1.36. The molecule has 0 bridgehead atoms. The molecule has 2 heterocycles. The molecule has 0 amide bonds. The lowest BCUT2D eigenvalue weighted by Gasteiger charge is -2.25. The number of carbonyl (C=O) groups is 1. The number of esters is 1. The van der Waals surface area contributed by atoms with E-state index in [1.807, 2.05) is 0 Å². The number of rotatable bonds is 1. The molecule has 0 unspecified atom stereocenters. The van der Waals surface area contributed by atoms with Crippen LogP contribution >= 0.6 is 0 Å². The molecule has 0 N–H and O–H groups in total. The maximum absolute atomic E-state index is 11.1. The highest BCUT2D eigenvalue weighted by atomic mass is 17.0. The van der Waals surface area contributed by atoms with Gasteiger partial charge in [-0.3, -0.25) is 9.68 Å². The zero-order valence-electron chi connectivity index (χ0n) is 7.56. The summed E-state index contributed by atoms with van der Waals surface area (Å²) in [5, 5.41) is 1.45. The minimum absolute atomic E-state index is 0.220. The standard InChI is InChI=1S/C8H13NO4/c1-11-8(10)7-5-6-3-2-4-12-9(6)13-7/h6-7H,2-5H2,1H3/t6-,7-/m0/s1. The number of ether oxygens (including phenoxy) is 1. The molecular weight excluding hydrogens is 174 g/mol. The smallest absolute Gasteiger partial charge is 0.337 e. The van der Waals surface area contributed by atoms with E-state index in [4.69, 9.17) is 9.68 Å². The molecule has 0 aromatic carbocycles. The zero-order valence-corrected chi connectivity index (χ0v) is 7.56. The Morgan fingerprint density at radius 3 is 3.15 bits per heavy atom. The quantitative estimate of drug-likeness (QED) is 0.551. The summed E-state index contributed by atoms with van der Waals surface area (Å²) < 4.78 is 4.59. The average molecular weight is 187 g/mol. The van der Waals surface area contributed by atoms with Crippen molar-refractivity contribution in [2.45, 2.75) is 31.4 Å². The molecule has 0 aliphatic carbocycles. The van der Waals surface area contributed by atoms with Crippen LogP contribution in [0.3, 0.4) is 0 Å². The second kappa shape index (κ2) is 3.61. The van der Waals surface area contributed by atoms with Crippen molar-refractivity contribution in [2.24, 2.45) is 0 Å². The van der Waals surface area contributed by atoms with E-state index >= 15 is 0 Å². The van der Waals surface area contributed by atoms with Gasteiger partial charge in [0.25, 0.3) is 0 Å². The molecule has 5 nitrogen and oxygen atoms in total. The lowest BCUT2D eigenvalue weighted by Crippen LogP contribution is -2.33. The second-order valence-corrected chi connectivity index (χ2v) is 3.27. The first-order valence-electron chi connectivity index (χ1n) is 4.48. The van der Waals surface area contributed by atoms with Gasteiger partial charge in [-0.2, -0.15) is 0 Å². The van der Waals surface area contributed by atoms with Gasteiger partial charge in [0, 0.05) is 6.42 Å². The van der Waals surface area contributed by atoms with E-state index in [-0.39, 0.29) is 12.0 Å². The highest BCUT2D eigenvalue weighted by Crippen LogP contribution is 2.28. The number of carbonyl (C=O) groups excluding carboxylic acids is 1. The Labute approximate surface area is 76.5 Å².